The topological polar surface area (TPSA) is 45.4 Å². The van der Waals surface area contributed by atoms with Gasteiger partial charge in [-0.2, -0.15) is 0 Å². The summed E-state index contributed by atoms with van der Waals surface area (Å²) >= 11 is 4.97. The fourth-order valence-electron chi connectivity index (χ4n) is 2.11. The fourth-order valence-corrected chi connectivity index (χ4v) is 2.22. The van der Waals surface area contributed by atoms with Crippen molar-refractivity contribution in [3.63, 3.8) is 0 Å². The quantitative estimate of drug-likeness (QED) is 0.791. The molecule has 1 rings (SSSR count). The molecule has 4 nitrogen and oxygen atoms in total. The first-order valence-electron chi connectivity index (χ1n) is 6.13. The average Bonchev–Trinajstić information content (AvgIpc) is 2.29. The summed E-state index contributed by atoms with van der Waals surface area (Å²) < 4.78 is 0. The molecule has 0 spiro atoms. The number of anilines is 1. The fraction of sp³-hybridized carbons (Fsp3) is 0.538. The molecule has 0 saturated heterocycles. The zero-order valence-corrected chi connectivity index (χ0v) is 12.4. The SMILES string of the molecule is CCN(c1ccnc(C(N)=S)c1)C(C)CN(C)C. The van der Waals surface area contributed by atoms with Crippen molar-refractivity contribution in [2.45, 2.75) is 19.9 Å². The van der Waals surface area contributed by atoms with Crippen molar-refractivity contribution in [1.82, 2.24) is 9.88 Å². The number of nitrogens with two attached hydrogens (primary N) is 1. The van der Waals surface area contributed by atoms with Gasteiger partial charge in [0, 0.05) is 31.0 Å². The van der Waals surface area contributed by atoms with E-state index in [2.05, 4.69) is 42.7 Å². The van der Waals surface area contributed by atoms with Crippen LogP contribution in [0.1, 0.15) is 19.5 Å². The molecule has 1 aromatic heterocycles. The third-order valence-electron chi connectivity index (χ3n) is 2.83. The number of thiocarbonyl (C=S) groups is 1. The molecule has 0 bridgehead atoms. The Morgan fingerprint density at radius 1 is 1.50 bits per heavy atom. The molecule has 0 aliphatic rings. The van der Waals surface area contributed by atoms with Gasteiger partial charge in [0.25, 0.3) is 0 Å². The van der Waals surface area contributed by atoms with Crippen LogP contribution in [-0.4, -0.2) is 48.1 Å². The molecule has 1 aromatic rings. The standard InChI is InChI=1S/C13H22N4S/c1-5-17(10(2)9-16(3)4)11-6-7-15-12(8-11)13(14)18/h6-8,10H,5,9H2,1-4H3,(H2,14,18). The Bertz CT molecular complexity index is 406. The first-order chi connectivity index (χ1) is 8.45. The number of likely N-dealkylation sites (N-methyl/N-ethyl adjacent to an activating group) is 2. The molecule has 1 atom stereocenters. The van der Waals surface area contributed by atoms with Gasteiger partial charge < -0.3 is 15.5 Å². The summed E-state index contributed by atoms with van der Waals surface area (Å²) in [5, 5.41) is 0. The van der Waals surface area contributed by atoms with Crippen LogP contribution in [0, 0.1) is 0 Å². The molecule has 0 aliphatic heterocycles. The second kappa shape index (κ2) is 6.66. The summed E-state index contributed by atoms with van der Waals surface area (Å²) in [5.74, 6) is 0. The smallest absolute Gasteiger partial charge is 0.122 e. The van der Waals surface area contributed by atoms with E-state index in [0.29, 0.717) is 16.7 Å². The van der Waals surface area contributed by atoms with Gasteiger partial charge in [0.05, 0.1) is 5.69 Å². The minimum Gasteiger partial charge on any atom is -0.388 e. The first kappa shape index (κ1) is 14.9. The van der Waals surface area contributed by atoms with E-state index in [9.17, 15) is 0 Å². The number of rotatable bonds is 6. The van der Waals surface area contributed by atoms with Gasteiger partial charge in [-0.1, -0.05) is 12.2 Å². The van der Waals surface area contributed by atoms with Crippen molar-refractivity contribution in [1.29, 1.82) is 0 Å². The molecule has 0 fully saturated rings. The predicted molar refractivity (Wildman–Crippen MR) is 81.2 cm³/mol. The van der Waals surface area contributed by atoms with E-state index in [-0.39, 0.29) is 0 Å². The van der Waals surface area contributed by atoms with Crippen LogP contribution in [0.3, 0.4) is 0 Å². The number of nitrogens with zero attached hydrogens (tertiary/aromatic N) is 3. The van der Waals surface area contributed by atoms with E-state index in [4.69, 9.17) is 18.0 Å². The van der Waals surface area contributed by atoms with Crippen molar-refractivity contribution in [3.8, 4) is 0 Å². The van der Waals surface area contributed by atoms with Crippen LogP contribution in [0.25, 0.3) is 0 Å². The molecule has 0 radical (unpaired) electrons. The van der Waals surface area contributed by atoms with Crippen LogP contribution >= 0.6 is 12.2 Å². The first-order valence-corrected chi connectivity index (χ1v) is 6.53. The second-order valence-electron chi connectivity index (χ2n) is 4.66. The molecule has 18 heavy (non-hydrogen) atoms. The van der Waals surface area contributed by atoms with Crippen molar-refractivity contribution in [2.75, 3.05) is 32.1 Å². The van der Waals surface area contributed by atoms with E-state index < -0.39 is 0 Å². The van der Waals surface area contributed by atoms with E-state index >= 15 is 0 Å². The lowest BCUT2D eigenvalue weighted by Gasteiger charge is -2.32. The van der Waals surface area contributed by atoms with E-state index in [1.807, 2.05) is 12.1 Å². The largest absolute Gasteiger partial charge is 0.388 e. The zero-order valence-electron chi connectivity index (χ0n) is 11.6. The van der Waals surface area contributed by atoms with Crippen LogP contribution in [0.4, 0.5) is 5.69 Å². The van der Waals surface area contributed by atoms with E-state index in [1.54, 1.807) is 6.20 Å². The number of pyridine rings is 1. The zero-order chi connectivity index (χ0) is 13.7. The van der Waals surface area contributed by atoms with E-state index in [0.717, 1.165) is 18.8 Å². The summed E-state index contributed by atoms with van der Waals surface area (Å²) in [5.41, 5.74) is 7.42. The third kappa shape index (κ3) is 3.92. The number of hydrogen-bond acceptors (Lipinski definition) is 4. The summed E-state index contributed by atoms with van der Waals surface area (Å²) in [7, 11) is 4.16. The summed E-state index contributed by atoms with van der Waals surface area (Å²) in [6.45, 7) is 6.30. The van der Waals surface area contributed by atoms with Crippen LogP contribution < -0.4 is 10.6 Å². The summed E-state index contributed by atoms with van der Waals surface area (Å²) in [6.07, 6.45) is 1.76. The lowest BCUT2D eigenvalue weighted by molar-refractivity contribution is 0.373. The van der Waals surface area contributed by atoms with Crippen molar-refractivity contribution < 1.29 is 0 Å². The Labute approximate surface area is 115 Å². The summed E-state index contributed by atoms with van der Waals surface area (Å²) in [4.78, 5) is 9.02. The molecule has 1 unspecified atom stereocenters. The van der Waals surface area contributed by atoms with Gasteiger partial charge in [-0.15, -0.1) is 0 Å². The van der Waals surface area contributed by atoms with Crippen LogP contribution in [-0.2, 0) is 0 Å². The Hall–Kier alpha value is -1.20. The normalized spacial score (nSPS) is 12.5. The molecule has 0 aliphatic carbocycles. The maximum Gasteiger partial charge on any atom is 0.122 e. The van der Waals surface area contributed by atoms with Crippen molar-refractivity contribution >= 4 is 22.9 Å². The highest BCUT2D eigenvalue weighted by Crippen LogP contribution is 2.17. The predicted octanol–water partition coefficient (Wildman–Crippen LogP) is 1.49. The van der Waals surface area contributed by atoms with Gasteiger partial charge in [-0.3, -0.25) is 4.98 Å². The van der Waals surface area contributed by atoms with Crippen LogP contribution in [0.2, 0.25) is 0 Å². The molecule has 0 amide bonds. The van der Waals surface area contributed by atoms with Gasteiger partial charge >= 0.3 is 0 Å². The molecule has 1 heterocycles. The number of aromatic nitrogens is 1. The molecule has 5 heteroatoms. The van der Waals surface area contributed by atoms with Crippen LogP contribution in [0.15, 0.2) is 18.3 Å². The maximum absolute atomic E-state index is 5.62. The Balaban J connectivity index is 2.94. The lowest BCUT2D eigenvalue weighted by atomic mass is 10.2. The molecule has 0 aromatic carbocycles. The van der Waals surface area contributed by atoms with Gasteiger partial charge in [-0.05, 0) is 40.1 Å². The molecular formula is C13H22N4S. The molecular weight excluding hydrogens is 244 g/mol. The highest BCUT2D eigenvalue weighted by molar-refractivity contribution is 7.80. The Morgan fingerprint density at radius 3 is 2.67 bits per heavy atom. The average molecular weight is 266 g/mol. The molecule has 0 saturated carbocycles. The highest BCUT2D eigenvalue weighted by Gasteiger charge is 2.14. The van der Waals surface area contributed by atoms with E-state index in [1.165, 1.54) is 0 Å². The maximum atomic E-state index is 5.62. The highest BCUT2D eigenvalue weighted by atomic mass is 32.1. The molecule has 2 N–H and O–H groups in total. The monoisotopic (exact) mass is 266 g/mol. The lowest BCUT2D eigenvalue weighted by Crippen LogP contribution is -2.40. The van der Waals surface area contributed by atoms with Gasteiger partial charge in [0.15, 0.2) is 0 Å². The minimum atomic E-state index is 0.341. The van der Waals surface area contributed by atoms with Crippen molar-refractivity contribution in [2.24, 2.45) is 5.73 Å². The Kier molecular flexibility index (Phi) is 5.50. The number of hydrogen-bond donors (Lipinski definition) is 1. The summed E-state index contributed by atoms with van der Waals surface area (Å²) in [6, 6.07) is 4.38. The molecule has 100 valence electrons. The Morgan fingerprint density at radius 2 is 2.17 bits per heavy atom. The minimum absolute atomic E-state index is 0.341. The second-order valence-corrected chi connectivity index (χ2v) is 5.10. The van der Waals surface area contributed by atoms with Crippen molar-refractivity contribution in [3.05, 3.63) is 24.0 Å². The van der Waals surface area contributed by atoms with Crippen LogP contribution in [0.5, 0.6) is 0 Å². The third-order valence-corrected chi connectivity index (χ3v) is 3.04. The van der Waals surface area contributed by atoms with Gasteiger partial charge in [0.2, 0.25) is 0 Å². The van der Waals surface area contributed by atoms with Gasteiger partial charge in [-0.25, -0.2) is 0 Å². The van der Waals surface area contributed by atoms with Gasteiger partial charge in [0.1, 0.15) is 4.99 Å².